The third-order valence-corrected chi connectivity index (χ3v) is 6.82. The van der Waals surface area contributed by atoms with Crippen LogP contribution in [0.5, 0.6) is 0 Å². The maximum Gasteiger partial charge on any atom is 0.0661 e. The molecule has 3 aliphatic rings. The van der Waals surface area contributed by atoms with E-state index < -0.39 is 0 Å². The molecule has 3 rings (SSSR count). The van der Waals surface area contributed by atoms with E-state index in [0.717, 1.165) is 36.5 Å². The van der Waals surface area contributed by atoms with Gasteiger partial charge in [-0.05, 0) is 74.0 Å². The van der Waals surface area contributed by atoms with Crippen molar-refractivity contribution >= 4 is 0 Å². The Hall–Kier alpha value is -0.550. The van der Waals surface area contributed by atoms with Crippen LogP contribution in [-0.4, -0.2) is 11.7 Å². The highest BCUT2D eigenvalue weighted by Gasteiger charge is 2.54. The van der Waals surface area contributed by atoms with Crippen molar-refractivity contribution in [2.45, 2.75) is 58.3 Å². The van der Waals surface area contributed by atoms with Crippen molar-refractivity contribution in [2.75, 3.05) is 6.61 Å². The number of nitriles is 1. The number of hydrogen-bond acceptors (Lipinski definition) is 2. The molecule has 0 bridgehead atoms. The molecule has 3 fully saturated rings. The average molecular weight is 261 g/mol. The van der Waals surface area contributed by atoms with Crippen LogP contribution in [0.15, 0.2) is 0 Å². The second-order valence-corrected chi connectivity index (χ2v) is 7.53. The fraction of sp³-hybridized carbons (Fsp3) is 0.941. The van der Waals surface area contributed by atoms with Crippen LogP contribution >= 0.6 is 0 Å². The summed E-state index contributed by atoms with van der Waals surface area (Å²) in [5, 5.41) is 18.5. The zero-order valence-corrected chi connectivity index (χ0v) is 12.1. The van der Waals surface area contributed by atoms with Gasteiger partial charge < -0.3 is 5.11 Å². The van der Waals surface area contributed by atoms with E-state index >= 15 is 0 Å². The number of aliphatic hydroxyl groups is 1. The first-order chi connectivity index (χ1) is 9.19. The topological polar surface area (TPSA) is 44.0 Å². The molecule has 2 heteroatoms. The molecule has 3 saturated carbocycles. The van der Waals surface area contributed by atoms with Crippen LogP contribution in [-0.2, 0) is 0 Å². The van der Waals surface area contributed by atoms with Crippen LogP contribution in [0.2, 0.25) is 0 Å². The van der Waals surface area contributed by atoms with Gasteiger partial charge in [0.15, 0.2) is 0 Å². The Morgan fingerprint density at radius 1 is 1.21 bits per heavy atom. The number of aliphatic hydroxyl groups excluding tert-OH is 1. The summed E-state index contributed by atoms with van der Waals surface area (Å²) in [6.07, 6.45) is 10.0. The second kappa shape index (κ2) is 5.09. The molecule has 0 radical (unpaired) electrons. The van der Waals surface area contributed by atoms with E-state index in [4.69, 9.17) is 5.11 Å². The zero-order chi connectivity index (χ0) is 13.5. The fourth-order valence-electron chi connectivity index (χ4n) is 5.73. The summed E-state index contributed by atoms with van der Waals surface area (Å²) in [6.45, 7) is 2.76. The molecule has 0 aromatic carbocycles. The van der Waals surface area contributed by atoms with Gasteiger partial charge in [-0.2, -0.15) is 5.26 Å². The highest BCUT2D eigenvalue weighted by Crippen LogP contribution is 2.61. The van der Waals surface area contributed by atoms with Crippen molar-refractivity contribution in [1.82, 2.24) is 0 Å². The van der Waals surface area contributed by atoms with Crippen LogP contribution in [0.25, 0.3) is 0 Å². The van der Waals surface area contributed by atoms with E-state index in [0.29, 0.717) is 17.9 Å². The molecule has 0 saturated heterocycles. The Morgan fingerprint density at radius 3 is 2.79 bits per heavy atom. The highest BCUT2D eigenvalue weighted by atomic mass is 16.3. The minimum absolute atomic E-state index is 0.314. The van der Waals surface area contributed by atoms with Gasteiger partial charge in [0.25, 0.3) is 0 Å². The van der Waals surface area contributed by atoms with Crippen molar-refractivity contribution in [3.63, 3.8) is 0 Å². The predicted octanol–water partition coefficient (Wildman–Crippen LogP) is 3.75. The summed E-state index contributed by atoms with van der Waals surface area (Å²) >= 11 is 0. The normalized spacial score (nSPS) is 49.2. The maximum absolute atomic E-state index is 9.40. The van der Waals surface area contributed by atoms with Crippen molar-refractivity contribution < 1.29 is 5.11 Å². The molecule has 3 aliphatic carbocycles. The van der Waals surface area contributed by atoms with Crippen LogP contribution in [0.4, 0.5) is 0 Å². The lowest BCUT2D eigenvalue weighted by atomic mass is 9.54. The SMILES string of the molecule is C[C@]12CC[C@@H]3C[C@@H](CCO)CC[C@H]3[C@@H]1CC[C@H]2C#N. The minimum Gasteiger partial charge on any atom is -0.396 e. The van der Waals surface area contributed by atoms with Crippen LogP contribution in [0, 0.1) is 46.3 Å². The molecule has 0 amide bonds. The molecule has 1 N–H and O–H groups in total. The lowest BCUT2D eigenvalue weighted by Gasteiger charge is -2.51. The summed E-state index contributed by atoms with van der Waals surface area (Å²) in [4.78, 5) is 0. The first-order valence-corrected chi connectivity index (χ1v) is 8.19. The summed E-state index contributed by atoms with van der Waals surface area (Å²) in [6, 6.07) is 2.60. The zero-order valence-electron chi connectivity index (χ0n) is 12.1. The van der Waals surface area contributed by atoms with Crippen LogP contribution in [0.1, 0.15) is 58.3 Å². The molecule has 0 aromatic heterocycles. The van der Waals surface area contributed by atoms with E-state index in [1.807, 2.05) is 0 Å². The molecule has 0 heterocycles. The largest absolute Gasteiger partial charge is 0.396 e. The molecule has 2 nitrogen and oxygen atoms in total. The Kier molecular flexibility index (Phi) is 3.60. The van der Waals surface area contributed by atoms with Gasteiger partial charge in [0.2, 0.25) is 0 Å². The van der Waals surface area contributed by atoms with Gasteiger partial charge in [-0.15, -0.1) is 0 Å². The predicted molar refractivity (Wildman–Crippen MR) is 75.2 cm³/mol. The van der Waals surface area contributed by atoms with E-state index in [-0.39, 0.29) is 0 Å². The van der Waals surface area contributed by atoms with E-state index in [1.165, 1.54) is 38.5 Å². The van der Waals surface area contributed by atoms with Gasteiger partial charge in [-0.25, -0.2) is 0 Å². The highest BCUT2D eigenvalue weighted by molar-refractivity contribution is 5.09. The van der Waals surface area contributed by atoms with E-state index in [2.05, 4.69) is 13.0 Å². The number of rotatable bonds is 2. The van der Waals surface area contributed by atoms with Crippen molar-refractivity contribution in [3.8, 4) is 6.07 Å². The fourth-order valence-corrected chi connectivity index (χ4v) is 5.73. The minimum atomic E-state index is 0.314. The molecule has 0 aromatic rings. The maximum atomic E-state index is 9.40. The molecular weight excluding hydrogens is 234 g/mol. The smallest absolute Gasteiger partial charge is 0.0661 e. The molecule has 0 unspecified atom stereocenters. The molecule has 0 spiro atoms. The Labute approximate surface area is 117 Å². The molecule has 0 aliphatic heterocycles. The molecule has 106 valence electrons. The van der Waals surface area contributed by atoms with Crippen molar-refractivity contribution in [3.05, 3.63) is 0 Å². The van der Waals surface area contributed by atoms with Gasteiger partial charge in [0.05, 0.1) is 12.0 Å². The third kappa shape index (κ3) is 2.11. The summed E-state index contributed by atoms with van der Waals surface area (Å²) in [7, 11) is 0. The van der Waals surface area contributed by atoms with Crippen LogP contribution in [0.3, 0.4) is 0 Å². The summed E-state index contributed by atoms with van der Waals surface area (Å²) in [5.41, 5.74) is 0.319. The lowest BCUT2D eigenvalue weighted by Crippen LogP contribution is -2.43. The van der Waals surface area contributed by atoms with Gasteiger partial charge in [0, 0.05) is 6.61 Å². The van der Waals surface area contributed by atoms with Gasteiger partial charge in [-0.1, -0.05) is 13.3 Å². The Bertz CT molecular complexity index is 374. The summed E-state index contributed by atoms with van der Waals surface area (Å²) < 4.78 is 0. The standard InChI is InChI=1S/C17H27NO/c1-17-8-6-13-10-12(7-9-19)2-4-15(13)16(17)5-3-14(17)11-18/h12-16,19H,2-10H2,1H3/t12-,13-,14+,15-,16+,17-/m1/s1. The van der Waals surface area contributed by atoms with Gasteiger partial charge in [0.1, 0.15) is 0 Å². The number of hydrogen-bond donors (Lipinski definition) is 1. The number of nitrogens with zero attached hydrogens (tertiary/aromatic N) is 1. The molecule has 19 heavy (non-hydrogen) atoms. The third-order valence-electron chi connectivity index (χ3n) is 6.82. The first kappa shape index (κ1) is 13.4. The first-order valence-electron chi connectivity index (χ1n) is 8.19. The van der Waals surface area contributed by atoms with Crippen molar-refractivity contribution in [1.29, 1.82) is 5.26 Å². The average Bonchev–Trinajstić information content (AvgIpc) is 2.76. The second-order valence-electron chi connectivity index (χ2n) is 7.53. The van der Waals surface area contributed by atoms with E-state index in [9.17, 15) is 5.26 Å². The summed E-state index contributed by atoms with van der Waals surface area (Å²) in [5.74, 6) is 3.66. The van der Waals surface area contributed by atoms with Crippen LogP contribution < -0.4 is 0 Å². The van der Waals surface area contributed by atoms with Gasteiger partial charge in [-0.3, -0.25) is 0 Å². The van der Waals surface area contributed by atoms with Gasteiger partial charge >= 0.3 is 0 Å². The van der Waals surface area contributed by atoms with Crippen molar-refractivity contribution in [2.24, 2.45) is 35.0 Å². The number of fused-ring (bicyclic) bond motifs is 3. The lowest BCUT2D eigenvalue weighted by molar-refractivity contribution is -0.0135. The Balaban J connectivity index is 1.73. The Morgan fingerprint density at radius 2 is 2.05 bits per heavy atom. The quantitative estimate of drug-likeness (QED) is 0.822. The molecule has 6 atom stereocenters. The monoisotopic (exact) mass is 261 g/mol. The van der Waals surface area contributed by atoms with E-state index in [1.54, 1.807) is 0 Å². The molecular formula is C17H27NO.